The first-order valence-corrected chi connectivity index (χ1v) is 4.86. The molecule has 0 aliphatic heterocycles. The molecular formula is C9H6BrClO2. The zero-order valence-corrected chi connectivity index (χ0v) is 8.89. The number of hydrogen-bond acceptors (Lipinski definition) is 2. The lowest BCUT2D eigenvalue weighted by atomic mass is 10.2. The summed E-state index contributed by atoms with van der Waals surface area (Å²) in [6.07, 6.45) is 0. The van der Waals surface area contributed by atoms with Crippen molar-refractivity contribution >= 4 is 38.5 Å². The molecule has 0 spiro atoms. The SMILES string of the molecule is OCc1cc2cc(Br)cc(Cl)c2o1. The van der Waals surface area contributed by atoms with E-state index in [4.69, 9.17) is 21.1 Å². The van der Waals surface area contributed by atoms with Gasteiger partial charge in [-0.1, -0.05) is 27.5 Å². The van der Waals surface area contributed by atoms with Crippen LogP contribution in [0.15, 0.2) is 27.1 Å². The molecule has 0 radical (unpaired) electrons. The number of benzene rings is 1. The quantitative estimate of drug-likeness (QED) is 0.854. The van der Waals surface area contributed by atoms with Crippen LogP contribution in [0, 0.1) is 0 Å². The molecule has 68 valence electrons. The van der Waals surface area contributed by atoms with Crippen LogP contribution in [0.3, 0.4) is 0 Å². The Morgan fingerprint density at radius 1 is 1.38 bits per heavy atom. The first-order chi connectivity index (χ1) is 6.20. The lowest BCUT2D eigenvalue weighted by Gasteiger charge is -1.93. The predicted octanol–water partition coefficient (Wildman–Crippen LogP) is 3.34. The minimum absolute atomic E-state index is 0.109. The van der Waals surface area contributed by atoms with Crippen LogP contribution in [0.5, 0.6) is 0 Å². The average Bonchev–Trinajstić information content (AvgIpc) is 2.47. The van der Waals surface area contributed by atoms with Crippen molar-refractivity contribution in [2.24, 2.45) is 0 Å². The number of furan rings is 1. The standard InChI is InChI=1S/C9H6BrClO2/c10-6-1-5-2-7(4-12)13-9(5)8(11)3-6/h1-3,12H,4H2. The molecule has 0 atom stereocenters. The highest BCUT2D eigenvalue weighted by molar-refractivity contribution is 9.10. The average molecular weight is 262 g/mol. The van der Waals surface area contributed by atoms with E-state index >= 15 is 0 Å². The van der Waals surface area contributed by atoms with Crippen molar-refractivity contribution < 1.29 is 9.52 Å². The number of rotatable bonds is 1. The van der Waals surface area contributed by atoms with E-state index in [-0.39, 0.29) is 6.61 Å². The Kier molecular flexibility index (Phi) is 2.32. The molecule has 2 rings (SSSR count). The fourth-order valence-electron chi connectivity index (χ4n) is 1.21. The Morgan fingerprint density at radius 2 is 2.15 bits per heavy atom. The second kappa shape index (κ2) is 3.33. The van der Waals surface area contributed by atoms with Crippen LogP contribution in [0.2, 0.25) is 5.02 Å². The summed E-state index contributed by atoms with van der Waals surface area (Å²) in [5, 5.41) is 10.3. The van der Waals surface area contributed by atoms with Gasteiger partial charge in [-0.15, -0.1) is 0 Å². The maximum absolute atomic E-state index is 8.85. The van der Waals surface area contributed by atoms with Gasteiger partial charge in [-0.3, -0.25) is 0 Å². The van der Waals surface area contributed by atoms with Crippen molar-refractivity contribution in [3.05, 3.63) is 33.5 Å². The van der Waals surface area contributed by atoms with Gasteiger partial charge in [0.25, 0.3) is 0 Å². The molecule has 1 aromatic carbocycles. The highest BCUT2D eigenvalue weighted by Gasteiger charge is 2.07. The molecule has 4 heteroatoms. The van der Waals surface area contributed by atoms with Crippen molar-refractivity contribution in [3.63, 3.8) is 0 Å². The lowest BCUT2D eigenvalue weighted by molar-refractivity contribution is 0.251. The highest BCUT2D eigenvalue weighted by Crippen LogP contribution is 2.30. The Balaban J connectivity index is 2.75. The summed E-state index contributed by atoms with van der Waals surface area (Å²) in [4.78, 5) is 0. The Bertz CT molecular complexity index is 450. The number of aliphatic hydroxyl groups excluding tert-OH is 1. The van der Waals surface area contributed by atoms with Gasteiger partial charge < -0.3 is 9.52 Å². The molecule has 2 aromatic rings. The summed E-state index contributed by atoms with van der Waals surface area (Å²) in [5.74, 6) is 0.523. The smallest absolute Gasteiger partial charge is 0.153 e. The summed E-state index contributed by atoms with van der Waals surface area (Å²) in [7, 11) is 0. The molecule has 0 aliphatic carbocycles. The second-order valence-electron chi connectivity index (χ2n) is 2.68. The van der Waals surface area contributed by atoms with Crippen LogP contribution in [-0.2, 0) is 6.61 Å². The van der Waals surface area contributed by atoms with Crippen LogP contribution >= 0.6 is 27.5 Å². The minimum atomic E-state index is -0.109. The van der Waals surface area contributed by atoms with Gasteiger partial charge in [-0.2, -0.15) is 0 Å². The summed E-state index contributed by atoms with van der Waals surface area (Å²) in [5.41, 5.74) is 0.619. The van der Waals surface area contributed by atoms with Gasteiger partial charge >= 0.3 is 0 Å². The molecule has 0 aliphatic rings. The van der Waals surface area contributed by atoms with Crippen LogP contribution in [-0.4, -0.2) is 5.11 Å². The molecule has 2 nitrogen and oxygen atoms in total. The van der Waals surface area contributed by atoms with Gasteiger partial charge in [0.05, 0.1) is 5.02 Å². The maximum Gasteiger partial charge on any atom is 0.153 e. The maximum atomic E-state index is 8.85. The van der Waals surface area contributed by atoms with Crippen molar-refractivity contribution in [1.82, 2.24) is 0 Å². The number of halogens is 2. The third-order valence-corrected chi connectivity index (χ3v) is 2.48. The van der Waals surface area contributed by atoms with Crippen molar-refractivity contribution in [1.29, 1.82) is 0 Å². The molecule has 0 saturated heterocycles. The highest BCUT2D eigenvalue weighted by atomic mass is 79.9. The molecule has 1 aromatic heterocycles. The molecule has 0 bridgehead atoms. The number of fused-ring (bicyclic) bond motifs is 1. The molecule has 0 saturated carbocycles. The summed E-state index contributed by atoms with van der Waals surface area (Å²) in [6.45, 7) is -0.109. The minimum Gasteiger partial charge on any atom is -0.457 e. The zero-order valence-electron chi connectivity index (χ0n) is 6.55. The lowest BCUT2D eigenvalue weighted by Crippen LogP contribution is -1.72. The van der Waals surface area contributed by atoms with E-state index in [2.05, 4.69) is 15.9 Å². The van der Waals surface area contributed by atoms with Gasteiger partial charge in [0, 0.05) is 9.86 Å². The first-order valence-electron chi connectivity index (χ1n) is 3.69. The number of aliphatic hydroxyl groups is 1. The molecule has 0 unspecified atom stereocenters. The summed E-state index contributed by atoms with van der Waals surface area (Å²) < 4.78 is 6.20. The van der Waals surface area contributed by atoms with Gasteiger partial charge in [0.15, 0.2) is 5.58 Å². The predicted molar refractivity (Wildman–Crippen MR) is 54.8 cm³/mol. The summed E-state index contributed by atoms with van der Waals surface area (Å²) in [6, 6.07) is 5.42. The van der Waals surface area contributed by atoms with Gasteiger partial charge in [-0.25, -0.2) is 0 Å². The van der Waals surface area contributed by atoms with Crippen LogP contribution in [0.25, 0.3) is 11.0 Å². The summed E-state index contributed by atoms with van der Waals surface area (Å²) >= 11 is 9.25. The largest absolute Gasteiger partial charge is 0.457 e. The Labute approximate surface area is 88.2 Å². The topological polar surface area (TPSA) is 33.4 Å². The molecule has 13 heavy (non-hydrogen) atoms. The van der Waals surface area contributed by atoms with Gasteiger partial charge in [0.2, 0.25) is 0 Å². The second-order valence-corrected chi connectivity index (χ2v) is 4.00. The van der Waals surface area contributed by atoms with Crippen molar-refractivity contribution in [2.75, 3.05) is 0 Å². The Hall–Kier alpha value is -0.510. The van der Waals surface area contributed by atoms with E-state index in [0.29, 0.717) is 16.4 Å². The van der Waals surface area contributed by atoms with Crippen molar-refractivity contribution in [2.45, 2.75) is 6.61 Å². The van der Waals surface area contributed by atoms with Gasteiger partial charge in [0.1, 0.15) is 12.4 Å². The number of hydrogen-bond donors (Lipinski definition) is 1. The molecular weight excluding hydrogens is 255 g/mol. The van der Waals surface area contributed by atoms with E-state index < -0.39 is 0 Å². The van der Waals surface area contributed by atoms with Crippen LogP contribution in [0.1, 0.15) is 5.76 Å². The van der Waals surface area contributed by atoms with E-state index in [9.17, 15) is 0 Å². The molecule has 0 amide bonds. The van der Waals surface area contributed by atoms with Crippen LogP contribution < -0.4 is 0 Å². The molecule has 1 N–H and O–H groups in total. The van der Waals surface area contributed by atoms with E-state index in [1.54, 1.807) is 12.1 Å². The van der Waals surface area contributed by atoms with E-state index in [1.807, 2.05) is 6.07 Å². The fourth-order valence-corrected chi connectivity index (χ4v) is 2.08. The third-order valence-electron chi connectivity index (χ3n) is 1.74. The fraction of sp³-hybridized carbons (Fsp3) is 0.111. The third kappa shape index (κ3) is 1.59. The van der Waals surface area contributed by atoms with E-state index in [0.717, 1.165) is 9.86 Å². The van der Waals surface area contributed by atoms with Crippen LogP contribution in [0.4, 0.5) is 0 Å². The zero-order chi connectivity index (χ0) is 9.42. The first kappa shape index (κ1) is 9.06. The monoisotopic (exact) mass is 260 g/mol. The normalized spacial score (nSPS) is 11.0. The molecule has 0 fully saturated rings. The van der Waals surface area contributed by atoms with Gasteiger partial charge in [-0.05, 0) is 18.2 Å². The molecule has 1 heterocycles. The van der Waals surface area contributed by atoms with Crippen molar-refractivity contribution in [3.8, 4) is 0 Å². The Morgan fingerprint density at radius 3 is 2.85 bits per heavy atom. The van der Waals surface area contributed by atoms with E-state index in [1.165, 1.54) is 0 Å².